The van der Waals surface area contributed by atoms with Crippen molar-refractivity contribution < 1.29 is 0 Å². The van der Waals surface area contributed by atoms with Crippen molar-refractivity contribution in [3.05, 3.63) is 17.2 Å². The summed E-state index contributed by atoms with van der Waals surface area (Å²) in [6.07, 6.45) is 3.35. The minimum Gasteiger partial charge on any atom is -0.324 e. The van der Waals surface area contributed by atoms with Gasteiger partial charge in [0.25, 0.3) is 0 Å². The third kappa shape index (κ3) is 0.894. The third-order valence-corrected chi connectivity index (χ3v) is 1.17. The molecule has 1 aromatic heterocycles. The van der Waals surface area contributed by atoms with Crippen molar-refractivity contribution in [2.75, 3.05) is 0 Å². The molecular formula is C4H5N3S. The molecule has 3 nitrogen and oxygen atoms in total. The molecule has 0 aliphatic heterocycles. The zero-order valence-electron chi connectivity index (χ0n) is 4.40. The van der Waals surface area contributed by atoms with E-state index in [0.29, 0.717) is 4.77 Å². The Morgan fingerprint density at radius 1 is 1.75 bits per heavy atom. The van der Waals surface area contributed by atoms with Gasteiger partial charge in [-0.05, 0) is 12.2 Å². The van der Waals surface area contributed by atoms with Crippen molar-refractivity contribution in [3.8, 4) is 0 Å². The van der Waals surface area contributed by atoms with Crippen LogP contribution in [0, 0.1) is 4.77 Å². The van der Waals surface area contributed by atoms with Gasteiger partial charge in [0.1, 0.15) is 0 Å². The molecule has 0 spiro atoms. The molecule has 0 aliphatic carbocycles. The van der Waals surface area contributed by atoms with E-state index in [1.54, 1.807) is 17.0 Å². The van der Waals surface area contributed by atoms with E-state index in [1.807, 2.05) is 7.05 Å². The summed E-state index contributed by atoms with van der Waals surface area (Å²) in [4.78, 5) is 0. The third-order valence-electron chi connectivity index (χ3n) is 0.802. The number of hydrogen-bond acceptors (Lipinski definition) is 3. The predicted molar refractivity (Wildman–Crippen MR) is 31.8 cm³/mol. The maximum Gasteiger partial charge on any atom is 0.220 e. The fourth-order valence-electron chi connectivity index (χ4n) is 0.347. The first-order valence-corrected chi connectivity index (χ1v) is 2.56. The zero-order valence-corrected chi connectivity index (χ0v) is 5.22. The van der Waals surface area contributed by atoms with Crippen LogP contribution < -0.4 is 0 Å². The van der Waals surface area contributed by atoms with E-state index in [0.717, 1.165) is 0 Å². The van der Waals surface area contributed by atoms with Gasteiger partial charge in [0.05, 0.1) is 6.20 Å². The first-order valence-electron chi connectivity index (χ1n) is 2.15. The van der Waals surface area contributed by atoms with Crippen LogP contribution in [0.3, 0.4) is 0 Å². The van der Waals surface area contributed by atoms with Crippen molar-refractivity contribution in [1.29, 1.82) is 0 Å². The monoisotopic (exact) mass is 127 g/mol. The average Bonchev–Trinajstić information content (AvgIpc) is 1.77. The zero-order chi connectivity index (χ0) is 5.98. The maximum absolute atomic E-state index is 4.74. The van der Waals surface area contributed by atoms with Gasteiger partial charge in [-0.3, -0.25) is 0 Å². The van der Waals surface area contributed by atoms with Gasteiger partial charge in [-0.25, -0.2) is 0 Å². The van der Waals surface area contributed by atoms with Gasteiger partial charge >= 0.3 is 0 Å². The van der Waals surface area contributed by atoms with Gasteiger partial charge in [0.2, 0.25) is 4.77 Å². The van der Waals surface area contributed by atoms with E-state index < -0.39 is 0 Å². The van der Waals surface area contributed by atoms with Crippen LogP contribution in [-0.2, 0) is 7.05 Å². The second-order valence-electron chi connectivity index (χ2n) is 1.41. The fourth-order valence-corrected chi connectivity index (χ4v) is 0.455. The summed E-state index contributed by atoms with van der Waals surface area (Å²) in [6, 6.07) is 0. The summed E-state index contributed by atoms with van der Waals surface area (Å²) < 4.78 is 2.23. The van der Waals surface area contributed by atoms with E-state index in [1.165, 1.54) is 0 Å². The lowest BCUT2D eigenvalue weighted by molar-refractivity contribution is 0.788. The summed E-state index contributed by atoms with van der Waals surface area (Å²) in [5.41, 5.74) is 0. The van der Waals surface area contributed by atoms with Crippen molar-refractivity contribution in [1.82, 2.24) is 14.8 Å². The van der Waals surface area contributed by atoms with Gasteiger partial charge in [-0.2, -0.15) is 5.10 Å². The van der Waals surface area contributed by atoms with Crippen LogP contribution in [-0.4, -0.2) is 14.8 Å². The number of rotatable bonds is 0. The Kier molecular flexibility index (Phi) is 1.34. The van der Waals surface area contributed by atoms with E-state index in [2.05, 4.69) is 10.2 Å². The SMILES string of the molecule is Cn1ccnnc1=S. The van der Waals surface area contributed by atoms with Crippen LogP contribution in [0.4, 0.5) is 0 Å². The molecule has 1 aromatic rings. The summed E-state index contributed by atoms with van der Waals surface area (Å²) in [5, 5.41) is 7.18. The molecule has 0 radical (unpaired) electrons. The van der Waals surface area contributed by atoms with Crippen LogP contribution in [0.2, 0.25) is 0 Å². The second-order valence-corrected chi connectivity index (χ2v) is 1.77. The second kappa shape index (κ2) is 2.00. The number of aryl methyl sites for hydroxylation is 1. The van der Waals surface area contributed by atoms with Crippen LogP contribution in [0.1, 0.15) is 0 Å². The molecule has 0 aliphatic rings. The summed E-state index contributed by atoms with van der Waals surface area (Å²) in [7, 11) is 1.83. The average molecular weight is 127 g/mol. The lowest BCUT2D eigenvalue weighted by Crippen LogP contribution is -1.94. The molecule has 1 rings (SSSR count). The number of nitrogens with zero attached hydrogens (tertiary/aromatic N) is 3. The van der Waals surface area contributed by atoms with Crippen LogP contribution in [0.15, 0.2) is 12.4 Å². The van der Waals surface area contributed by atoms with Crippen LogP contribution >= 0.6 is 12.2 Å². The molecule has 0 bridgehead atoms. The molecule has 0 aromatic carbocycles. The van der Waals surface area contributed by atoms with Crippen molar-refractivity contribution in [3.63, 3.8) is 0 Å². The fraction of sp³-hybridized carbons (Fsp3) is 0.250. The molecule has 0 N–H and O–H groups in total. The molecule has 0 saturated heterocycles. The van der Waals surface area contributed by atoms with E-state index in [-0.39, 0.29) is 0 Å². The molecule has 0 fully saturated rings. The van der Waals surface area contributed by atoms with Crippen molar-refractivity contribution >= 4 is 12.2 Å². The van der Waals surface area contributed by atoms with Crippen molar-refractivity contribution in [2.24, 2.45) is 7.05 Å². The predicted octanol–water partition coefficient (Wildman–Crippen LogP) is 0.545. The normalized spacial score (nSPS) is 9.12. The minimum atomic E-state index is 0.507. The topological polar surface area (TPSA) is 30.7 Å². The highest BCUT2D eigenvalue weighted by atomic mass is 32.1. The molecule has 0 unspecified atom stereocenters. The summed E-state index contributed by atoms with van der Waals surface area (Å²) >= 11 is 4.74. The lowest BCUT2D eigenvalue weighted by atomic mass is 10.8. The molecule has 42 valence electrons. The Morgan fingerprint density at radius 2 is 2.50 bits per heavy atom. The molecular weight excluding hydrogens is 122 g/mol. The van der Waals surface area contributed by atoms with Gasteiger partial charge in [-0.15, -0.1) is 5.10 Å². The Morgan fingerprint density at radius 3 is 2.88 bits per heavy atom. The highest BCUT2D eigenvalue weighted by molar-refractivity contribution is 7.71. The standard InChI is InChI=1S/C4H5N3S/c1-7-3-2-5-6-4(7)8/h2-3H,1H3. The largest absolute Gasteiger partial charge is 0.324 e. The first-order chi connectivity index (χ1) is 3.80. The smallest absolute Gasteiger partial charge is 0.220 e. The van der Waals surface area contributed by atoms with E-state index >= 15 is 0 Å². The highest BCUT2D eigenvalue weighted by Crippen LogP contribution is 1.77. The van der Waals surface area contributed by atoms with Crippen LogP contribution in [0.5, 0.6) is 0 Å². The van der Waals surface area contributed by atoms with Gasteiger partial charge in [0.15, 0.2) is 0 Å². The summed E-state index contributed by atoms with van der Waals surface area (Å²) in [5.74, 6) is 0. The Hall–Kier alpha value is -0.770. The number of hydrogen-bond donors (Lipinski definition) is 0. The molecule has 4 heteroatoms. The molecule has 0 amide bonds. The van der Waals surface area contributed by atoms with E-state index in [9.17, 15) is 0 Å². The molecule has 8 heavy (non-hydrogen) atoms. The van der Waals surface area contributed by atoms with Crippen LogP contribution in [0.25, 0.3) is 0 Å². The van der Waals surface area contributed by atoms with Gasteiger partial charge in [-0.1, -0.05) is 0 Å². The minimum absolute atomic E-state index is 0.507. The molecule has 1 heterocycles. The quantitative estimate of drug-likeness (QED) is 0.477. The molecule has 0 saturated carbocycles. The van der Waals surface area contributed by atoms with E-state index in [4.69, 9.17) is 12.2 Å². The van der Waals surface area contributed by atoms with Gasteiger partial charge in [0, 0.05) is 13.2 Å². The van der Waals surface area contributed by atoms with Gasteiger partial charge < -0.3 is 4.57 Å². The Labute approximate surface area is 52.0 Å². The Balaban J connectivity index is 3.35. The Bertz CT molecular complexity index is 229. The highest BCUT2D eigenvalue weighted by Gasteiger charge is 1.78. The first kappa shape index (κ1) is 5.37. The number of aromatic nitrogens is 3. The maximum atomic E-state index is 4.74. The van der Waals surface area contributed by atoms with Crippen molar-refractivity contribution in [2.45, 2.75) is 0 Å². The molecule has 0 atom stereocenters. The summed E-state index contributed by atoms with van der Waals surface area (Å²) in [6.45, 7) is 0. The lowest BCUT2D eigenvalue weighted by Gasteiger charge is -1.89.